The summed E-state index contributed by atoms with van der Waals surface area (Å²) in [4.78, 5) is 17.0. The fourth-order valence-electron chi connectivity index (χ4n) is 4.47. The largest absolute Gasteiger partial charge is 0.353 e. The predicted octanol–water partition coefficient (Wildman–Crippen LogP) is 2.74. The topological polar surface area (TPSA) is 58.6 Å². The molecule has 1 aliphatic carbocycles. The zero-order valence-electron chi connectivity index (χ0n) is 12.3. The van der Waals surface area contributed by atoms with Crippen LogP contribution in [0, 0.1) is 11.8 Å². The van der Waals surface area contributed by atoms with Crippen molar-refractivity contribution in [1.29, 1.82) is 0 Å². The first kappa shape index (κ1) is 14.5. The van der Waals surface area contributed by atoms with Crippen LogP contribution < -0.4 is 5.32 Å². The van der Waals surface area contributed by atoms with E-state index < -0.39 is 11.4 Å². The minimum atomic E-state index is -0.712. The van der Waals surface area contributed by atoms with Crippen LogP contribution in [-0.2, 0) is 15.1 Å². The van der Waals surface area contributed by atoms with Gasteiger partial charge in [-0.2, -0.15) is 5.26 Å². The highest BCUT2D eigenvalue weighted by Crippen LogP contribution is 2.49. The molecule has 1 aromatic carbocycles. The monoisotopic (exact) mass is 289 g/mol. The van der Waals surface area contributed by atoms with Crippen molar-refractivity contribution in [2.45, 2.75) is 37.5 Å². The van der Waals surface area contributed by atoms with Gasteiger partial charge in [-0.25, -0.2) is 4.79 Å². The molecule has 1 unspecified atom stereocenters. The molecule has 0 aromatic heterocycles. The number of carbonyl (C=O) groups excluding carboxylic acids is 1. The van der Waals surface area contributed by atoms with Gasteiger partial charge in [0, 0.05) is 0 Å². The van der Waals surface area contributed by atoms with Crippen LogP contribution in [-0.4, -0.2) is 24.3 Å². The van der Waals surface area contributed by atoms with Gasteiger partial charge in [0.05, 0.1) is 0 Å². The molecule has 3 rings (SSSR count). The van der Waals surface area contributed by atoms with E-state index in [2.05, 4.69) is 10.2 Å². The van der Waals surface area contributed by atoms with Gasteiger partial charge in [0.1, 0.15) is 5.41 Å². The summed E-state index contributed by atoms with van der Waals surface area (Å²) < 4.78 is 0. The summed E-state index contributed by atoms with van der Waals surface area (Å²) in [6.45, 7) is 1.73. The van der Waals surface area contributed by atoms with Crippen molar-refractivity contribution < 1.29 is 14.9 Å². The quantitative estimate of drug-likeness (QED) is 0.661. The zero-order chi connectivity index (χ0) is 14.7. The molecule has 2 fully saturated rings. The van der Waals surface area contributed by atoms with Crippen molar-refractivity contribution in [2.24, 2.45) is 11.8 Å². The molecule has 1 aliphatic heterocycles. The molecule has 2 atom stereocenters. The van der Waals surface area contributed by atoms with E-state index in [1.807, 2.05) is 30.3 Å². The fourth-order valence-corrected chi connectivity index (χ4v) is 4.47. The lowest BCUT2D eigenvalue weighted by Crippen LogP contribution is -2.50. The van der Waals surface area contributed by atoms with Gasteiger partial charge in [-0.15, -0.1) is 0 Å². The summed E-state index contributed by atoms with van der Waals surface area (Å²) in [6.07, 6.45) is 5.30. The summed E-state index contributed by atoms with van der Waals surface area (Å²) in [5.74, 6) is -0.0404. The number of carbonyl (C=O) groups is 1. The van der Waals surface area contributed by atoms with Gasteiger partial charge in [-0.05, 0) is 49.8 Å². The van der Waals surface area contributed by atoms with Crippen LogP contribution in [0.5, 0.6) is 0 Å². The van der Waals surface area contributed by atoms with Gasteiger partial charge < -0.3 is 5.32 Å². The predicted molar refractivity (Wildman–Crippen MR) is 79.8 cm³/mol. The maximum atomic E-state index is 12.7. The third-order valence-corrected chi connectivity index (χ3v) is 5.38. The van der Waals surface area contributed by atoms with E-state index in [-0.39, 0.29) is 11.8 Å². The molecular formula is C17H23NO3. The third-order valence-electron chi connectivity index (χ3n) is 5.38. The molecule has 1 heterocycles. The van der Waals surface area contributed by atoms with Crippen LogP contribution in [0.15, 0.2) is 30.3 Å². The average Bonchev–Trinajstić information content (AvgIpc) is 3.23. The Bertz CT molecular complexity index is 460. The minimum absolute atomic E-state index is 0.183. The number of benzene rings is 1. The second-order valence-electron chi connectivity index (χ2n) is 6.28. The molecule has 4 heteroatoms. The van der Waals surface area contributed by atoms with Gasteiger partial charge >= 0.3 is 5.97 Å². The highest BCUT2D eigenvalue weighted by molar-refractivity contribution is 5.84. The van der Waals surface area contributed by atoms with E-state index in [0.29, 0.717) is 0 Å². The Morgan fingerprint density at radius 2 is 1.86 bits per heavy atom. The van der Waals surface area contributed by atoms with Crippen LogP contribution in [0.25, 0.3) is 0 Å². The molecule has 1 saturated heterocycles. The van der Waals surface area contributed by atoms with Crippen molar-refractivity contribution in [1.82, 2.24) is 5.32 Å². The van der Waals surface area contributed by atoms with E-state index in [9.17, 15) is 10.1 Å². The molecule has 1 aromatic rings. The first-order valence-electron chi connectivity index (χ1n) is 7.92. The number of hydrogen-bond donors (Lipinski definition) is 2. The first-order chi connectivity index (χ1) is 10.3. The Balaban J connectivity index is 2.11. The van der Waals surface area contributed by atoms with Crippen molar-refractivity contribution in [3.05, 3.63) is 35.9 Å². The summed E-state index contributed by atoms with van der Waals surface area (Å²) in [5.41, 5.74) is 0.278. The molecule has 0 amide bonds. The van der Waals surface area contributed by atoms with Gasteiger partial charge in [-0.1, -0.05) is 43.2 Å². The second-order valence-corrected chi connectivity index (χ2v) is 6.28. The van der Waals surface area contributed by atoms with E-state index >= 15 is 0 Å². The lowest BCUT2D eigenvalue weighted by atomic mass is 9.61. The second kappa shape index (κ2) is 6.16. The Labute approximate surface area is 125 Å². The van der Waals surface area contributed by atoms with E-state index in [4.69, 9.17) is 0 Å². The summed E-state index contributed by atoms with van der Waals surface area (Å²) in [6, 6.07) is 9.90. The Morgan fingerprint density at radius 3 is 2.43 bits per heavy atom. The van der Waals surface area contributed by atoms with Crippen LogP contribution in [0.3, 0.4) is 0 Å². The molecule has 0 bridgehead atoms. The third kappa shape index (κ3) is 2.36. The highest BCUT2D eigenvalue weighted by atomic mass is 17.1. The zero-order valence-corrected chi connectivity index (χ0v) is 12.3. The van der Waals surface area contributed by atoms with Crippen LogP contribution in [0.4, 0.5) is 0 Å². The van der Waals surface area contributed by atoms with Crippen molar-refractivity contribution >= 4 is 5.97 Å². The number of rotatable bonds is 4. The molecule has 2 N–H and O–H groups in total. The molecule has 1 saturated carbocycles. The number of nitrogens with one attached hydrogen (secondary N) is 1. The Morgan fingerprint density at radius 1 is 1.14 bits per heavy atom. The Hall–Kier alpha value is -1.39. The summed E-state index contributed by atoms with van der Waals surface area (Å²) in [5, 5.41) is 12.5. The van der Waals surface area contributed by atoms with Gasteiger partial charge in [0.2, 0.25) is 0 Å². The fraction of sp³-hybridized carbons (Fsp3) is 0.588. The minimum Gasteiger partial charge on any atom is -0.316 e. The lowest BCUT2D eigenvalue weighted by molar-refractivity contribution is -0.245. The average molecular weight is 289 g/mol. The maximum absolute atomic E-state index is 12.7. The smallest absolute Gasteiger partial charge is 0.316 e. The van der Waals surface area contributed by atoms with Gasteiger partial charge in [0.25, 0.3) is 0 Å². The summed E-state index contributed by atoms with van der Waals surface area (Å²) >= 11 is 0. The summed E-state index contributed by atoms with van der Waals surface area (Å²) in [7, 11) is 0. The van der Waals surface area contributed by atoms with E-state index in [0.717, 1.165) is 50.8 Å². The molecule has 2 aliphatic rings. The van der Waals surface area contributed by atoms with Crippen molar-refractivity contribution in [2.75, 3.05) is 13.1 Å². The molecule has 4 nitrogen and oxygen atoms in total. The Kier molecular flexibility index (Phi) is 4.27. The van der Waals surface area contributed by atoms with Crippen LogP contribution in [0.2, 0.25) is 0 Å². The van der Waals surface area contributed by atoms with Crippen LogP contribution in [0.1, 0.15) is 37.7 Å². The van der Waals surface area contributed by atoms with Gasteiger partial charge in [-0.3, -0.25) is 4.89 Å². The van der Waals surface area contributed by atoms with Gasteiger partial charge in [0.15, 0.2) is 0 Å². The van der Waals surface area contributed by atoms with Crippen molar-refractivity contribution in [3.63, 3.8) is 0 Å². The van der Waals surface area contributed by atoms with E-state index in [1.165, 1.54) is 0 Å². The first-order valence-corrected chi connectivity index (χ1v) is 7.92. The molecule has 0 spiro atoms. The SMILES string of the molecule is O=C(OO)C(c1ccccc1)(C1CCCC1)[C@@H]1CCNC1. The molecule has 114 valence electrons. The highest BCUT2D eigenvalue weighted by Gasteiger charge is 2.55. The normalized spacial score (nSPS) is 25.7. The van der Waals surface area contributed by atoms with Crippen molar-refractivity contribution in [3.8, 4) is 0 Å². The maximum Gasteiger partial charge on any atom is 0.353 e. The molecular weight excluding hydrogens is 266 g/mol. The van der Waals surface area contributed by atoms with Crippen LogP contribution >= 0.6 is 0 Å². The standard InChI is InChI=1S/C17H23NO3/c19-16(21-20)17(14-8-4-5-9-14,15-10-11-18-12-15)13-6-2-1-3-7-13/h1-3,6-7,14-15,18,20H,4-5,8-12H2/t15-,17?/m1/s1. The number of hydrogen-bond acceptors (Lipinski definition) is 4. The lowest BCUT2D eigenvalue weighted by Gasteiger charge is -2.41. The molecule has 0 radical (unpaired) electrons. The molecule has 21 heavy (non-hydrogen) atoms. The van der Waals surface area contributed by atoms with E-state index in [1.54, 1.807) is 0 Å².